The minimum absolute atomic E-state index is 0.624. The van der Waals surface area contributed by atoms with E-state index < -0.39 is 0 Å². The lowest BCUT2D eigenvalue weighted by molar-refractivity contribution is 0.415. The molecule has 0 aliphatic carbocycles. The number of halogens is 1. The van der Waals surface area contributed by atoms with Crippen molar-refractivity contribution in [3.05, 3.63) is 65.4 Å². The van der Waals surface area contributed by atoms with Crippen LogP contribution < -0.4 is 10.1 Å². The van der Waals surface area contributed by atoms with E-state index in [-0.39, 0.29) is 0 Å². The molecule has 0 unspecified atom stereocenters. The van der Waals surface area contributed by atoms with Gasteiger partial charge in [0.25, 0.3) is 0 Å². The summed E-state index contributed by atoms with van der Waals surface area (Å²) in [5.74, 6) is 0.691. The lowest BCUT2D eigenvalue weighted by Gasteiger charge is -2.11. The van der Waals surface area contributed by atoms with Crippen molar-refractivity contribution in [2.45, 2.75) is 6.54 Å². The Morgan fingerprint density at radius 2 is 2.10 bits per heavy atom. The van der Waals surface area contributed by atoms with Crippen LogP contribution in [-0.4, -0.2) is 12.1 Å². The lowest BCUT2D eigenvalue weighted by Crippen LogP contribution is -2.00. The van der Waals surface area contributed by atoms with E-state index in [1.807, 2.05) is 36.5 Å². The van der Waals surface area contributed by atoms with Crippen molar-refractivity contribution in [3.8, 4) is 5.75 Å². The predicted octanol–water partition coefficient (Wildman–Crippen LogP) is 4.51. The first-order valence-electron chi connectivity index (χ1n) is 6.67. The van der Waals surface area contributed by atoms with Crippen molar-refractivity contribution >= 4 is 28.1 Å². The number of benzene rings is 2. The number of nitrogens with one attached hydrogen (secondary N) is 1. The maximum atomic E-state index is 6.15. The molecule has 0 aliphatic heterocycles. The standard InChI is InChI=1S/C17H15ClN2O/c1-21-17-6-5-12(9-15(17)18)10-20-16-4-2-3-13-11-19-8-7-14(13)16/h2-9,11,20H,10H2,1H3. The molecule has 2 aromatic carbocycles. The maximum Gasteiger partial charge on any atom is 0.137 e. The third-order valence-corrected chi connectivity index (χ3v) is 3.68. The number of anilines is 1. The molecule has 106 valence electrons. The number of fused-ring (bicyclic) bond motifs is 1. The number of nitrogens with zero attached hydrogens (tertiary/aromatic N) is 1. The molecule has 21 heavy (non-hydrogen) atoms. The molecule has 0 aliphatic rings. The van der Waals surface area contributed by atoms with Crippen LogP contribution in [0.2, 0.25) is 5.02 Å². The molecule has 3 nitrogen and oxygen atoms in total. The van der Waals surface area contributed by atoms with Gasteiger partial charge in [0, 0.05) is 35.4 Å². The Hall–Kier alpha value is -2.26. The third-order valence-electron chi connectivity index (χ3n) is 3.38. The number of rotatable bonds is 4. The molecule has 3 rings (SSSR count). The van der Waals surface area contributed by atoms with Gasteiger partial charge in [0.1, 0.15) is 5.75 Å². The van der Waals surface area contributed by atoms with E-state index in [0.29, 0.717) is 17.3 Å². The Labute approximate surface area is 128 Å². The zero-order valence-corrected chi connectivity index (χ0v) is 12.4. The SMILES string of the molecule is COc1ccc(CNc2cccc3cnccc23)cc1Cl. The fourth-order valence-corrected chi connectivity index (χ4v) is 2.57. The summed E-state index contributed by atoms with van der Waals surface area (Å²) < 4.78 is 5.16. The van der Waals surface area contributed by atoms with E-state index in [4.69, 9.17) is 16.3 Å². The van der Waals surface area contributed by atoms with Gasteiger partial charge in [0.2, 0.25) is 0 Å². The van der Waals surface area contributed by atoms with E-state index in [1.54, 1.807) is 13.3 Å². The number of pyridine rings is 1. The van der Waals surface area contributed by atoms with E-state index in [2.05, 4.69) is 22.4 Å². The first-order valence-corrected chi connectivity index (χ1v) is 7.05. The molecule has 0 saturated heterocycles. The topological polar surface area (TPSA) is 34.1 Å². The summed E-state index contributed by atoms with van der Waals surface area (Å²) in [6.45, 7) is 0.700. The lowest BCUT2D eigenvalue weighted by atomic mass is 10.1. The molecule has 0 radical (unpaired) electrons. The van der Waals surface area contributed by atoms with Gasteiger partial charge in [-0.25, -0.2) is 0 Å². The highest BCUT2D eigenvalue weighted by molar-refractivity contribution is 6.32. The second-order valence-corrected chi connectivity index (χ2v) is 5.13. The van der Waals surface area contributed by atoms with Gasteiger partial charge in [-0.1, -0.05) is 29.8 Å². The molecule has 0 atom stereocenters. The molecule has 1 heterocycles. The Bertz CT molecular complexity index is 768. The quantitative estimate of drug-likeness (QED) is 0.769. The summed E-state index contributed by atoms with van der Waals surface area (Å²) >= 11 is 6.15. The second kappa shape index (κ2) is 6.02. The van der Waals surface area contributed by atoms with Gasteiger partial charge in [-0.3, -0.25) is 4.98 Å². The van der Waals surface area contributed by atoms with E-state index in [9.17, 15) is 0 Å². The summed E-state index contributed by atoms with van der Waals surface area (Å²) in [5, 5.41) is 6.35. The average Bonchev–Trinajstić information content (AvgIpc) is 2.53. The summed E-state index contributed by atoms with van der Waals surface area (Å²) in [4.78, 5) is 4.14. The van der Waals surface area contributed by atoms with Crippen LogP contribution in [0.15, 0.2) is 54.9 Å². The first kappa shape index (κ1) is 13.7. The van der Waals surface area contributed by atoms with Crippen LogP contribution >= 0.6 is 11.6 Å². The second-order valence-electron chi connectivity index (χ2n) is 4.72. The Kier molecular flexibility index (Phi) is 3.93. The fraction of sp³-hybridized carbons (Fsp3) is 0.118. The van der Waals surface area contributed by atoms with Gasteiger partial charge in [0.15, 0.2) is 0 Å². The highest BCUT2D eigenvalue weighted by atomic mass is 35.5. The highest BCUT2D eigenvalue weighted by Crippen LogP contribution is 2.26. The molecule has 1 N–H and O–H groups in total. The van der Waals surface area contributed by atoms with E-state index in [1.165, 1.54) is 0 Å². The van der Waals surface area contributed by atoms with E-state index >= 15 is 0 Å². The van der Waals surface area contributed by atoms with Crippen molar-refractivity contribution < 1.29 is 4.74 Å². The van der Waals surface area contributed by atoms with Crippen molar-refractivity contribution in [1.82, 2.24) is 4.98 Å². The summed E-state index contributed by atoms with van der Waals surface area (Å²) in [6.07, 6.45) is 3.67. The maximum absolute atomic E-state index is 6.15. The molecular weight excluding hydrogens is 284 g/mol. The molecule has 0 bridgehead atoms. The summed E-state index contributed by atoms with van der Waals surface area (Å²) in [6, 6.07) is 14.0. The van der Waals surface area contributed by atoms with Crippen LogP contribution in [-0.2, 0) is 6.54 Å². The number of aromatic nitrogens is 1. The van der Waals surface area contributed by atoms with Gasteiger partial charge in [-0.05, 0) is 29.8 Å². The van der Waals surface area contributed by atoms with Gasteiger partial charge >= 0.3 is 0 Å². The number of hydrogen-bond acceptors (Lipinski definition) is 3. The molecule has 1 aromatic heterocycles. The number of methoxy groups -OCH3 is 1. The molecule has 0 amide bonds. The van der Waals surface area contributed by atoms with Crippen LogP contribution in [0.5, 0.6) is 5.75 Å². The minimum atomic E-state index is 0.624. The molecule has 3 aromatic rings. The molecule has 0 spiro atoms. The molecule has 0 fully saturated rings. The normalized spacial score (nSPS) is 10.6. The van der Waals surface area contributed by atoms with Crippen LogP contribution in [0.3, 0.4) is 0 Å². The van der Waals surface area contributed by atoms with Crippen molar-refractivity contribution in [3.63, 3.8) is 0 Å². The summed E-state index contributed by atoms with van der Waals surface area (Å²) in [5.41, 5.74) is 2.19. The number of hydrogen-bond donors (Lipinski definition) is 1. The van der Waals surface area contributed by atoms with Gasteiger partial charge < -0.3 is 10.1 Å². The fourth-order valence-electron chi connectivity index (χ4n) is 2.29. The monoisotopic (exact) mass is 298 g/mol. The molecular formula is C17H15ClN2O. The van der Waals surface area contributed by atoms with Crippen LogP contribution in [0.1, 0.15) is 5.56 Å². The molecule has 4 heteroatoms. The van der Waals surface area contributed by atoms with E-state index in [0.717, 1.165) is 22.0 Å². The van der Waals surface area contributed by atoms with Crippen LogP contribution in [0, 0.1) is 0 Å². The van der Waals surface area contributed by atoms with Gasteiger partial charge in [-0.2, -0.15) is 0 Å². The van der Waals surface area contributed by atoms with Gasteiger partial charge in [0.05, 0.1) is 12.1 Å². The average molecular weight is 299 g/mol. The van der Waals surface area contributed by atoms with Crippen LogP contribution in [0.4, 0.5) is 5.69 Å². The minimum Gasteiger partial charge on any atom is -0.495 e. The van der Waals surface area contributed by atoms with Crippen molar-refractivity contribution in [2.24, 2.45) is 0 Å². The van der Waals surface area contributed by atoms with Crippen molar-refractivity contribution in [2.75, 3.05) is 12.4 Å². The summed E-state index contributed by atoms with van der Waals surface area (Å²) in [7, 11) is 1.61. The Balaban J connectivity index is 1.82. The Morgan fingerprint density at radius 1 is 1.19 bits per heavy atom. The first-order chi connectivity index (χ1) is 10.3. The predicted molar refractivity (Wildman–Crippen MR) is 87.1 cm³/mol. The zero-order chi connectivity index (χ0) is 14.7. The Morgan fingerprint density at radius 3 is 2.90 bits per heavy atom. The van der Waals surface area contributed by atoms with Crippen LogP contribution in [0.25, 0.3) is 10.8 Å². The van der Waals surface area contributed by atoms with Gasteiger partial charge in [-0.15, -0.1) is 0 Å². The van der Waals surface area contributed by atoms with Crippen molar-refractivity contribution in [1.29, 1.82) is 0 Å². The molecule has 0 saturated carbocycles. The smallest absolute Gasteiger partial charge is 0.137 e. The largest absolute Gasteiger partial charge is 0.495 e. The zero-order valence-electron chi connectivity index (χ0n) is 11.6. The number of ether oxygens (including phenoxy) is 1. The third kappa shape index (κ3) is 2.93. The highest BCUT2D eigenvalue weighted by Gasteiger charge is 2.03.